The number of halogens is 1. The quantitative estimate of drug-likeness (QED) is 0.590. The maximum Gasteiger partial charge on any atom is 0.162 e. The largest absolute Gasteiger partial charge is 0.325 e. The first-order valence-corrected chi connectivity index (χ1v) is 7.52. The van der Waals surface area contributed by atoms with E-state index in [0.717, 1.165) is 16.7 Å². The molecule has 6 heteroatoms. The number of aromatic nitrogens is 4. The Hall–Kier alpha value is -3.28. The fourth-order valence-electron chi connectivity index (χ4n) is 2.60. The topological polar surface area (TPSA) is 66.5 Å². The molecule has 2 heterocycles. The molecule has 0 fully saturated rings. The van der Waals surface area contributed by atoms with Gasteiger partial charge in [0.2, 0.25) is 0 Å². The lowest BCUT2D eigenvalue weighted by atomic mass is 10.1. The molecule has 0 aliphatic carbocycles. The minimum absolute atomic E-state index is 0.490. The van der Waals surface area contributed by atoms with Crippen molar-refractivity contribution in [3.63, 3.8) is 0 Å². The summed E-state index contributed by atoms with van der Waals surface area (Å²) in [6.07, 6.45) is 1.66. The predicted octanol–water partition coefficient (Wildman–Crippen LogP) is 4.23. The standard InChI is InChI=1S/C18H14FN5/c19-11-12-5-1-2-6-13(12)17-21-15-8-4-3-7-14(15)18(23-17)22-16-9-10-20-24-16/h1-10H,11H2,(H2,20,21,22,23,24). The number of alkyl halides is 1. The van der Waals surface area contributed by atoms with Crippen LogP contribution in [0.5, 0.6) is 0 Å². The first kappa shape index (κ1) is 14.3. The van der Waals surface area contributed by atoms with Gasteiger partial charge in [-0.25, -0.2) is 14.4 Å². The number of benzene rings is 2. The van der Waals surface area contributed by atoms with Crippen LogP contribution in [0.3, 0.4) is 0 Å². The second kappa shape index (κ2) is 6.08. The van der Waals surface area contributed by atoms with Crippen LogP contribution in [-0.4, -0.2) is 20.2 Å². The number of H-pyrrole nitrogens is 1. The molecule has 0 saturated carbocycles. The molecule has 0 aliphatic rings. The fourth-order valence-corrected chi connectivity index (χ4v) is 2.60. The summed E-state index contributed by atoms with van der Waals surface area (Å²) in [5, 5.41) is 10.9. The lowest BCUT2D eigenvalue weighted by Crippen LogP contribution is -2.00. The average Bonchev–Trinajstić information content (AvgIpc) is 3.14. The minimum Gasteiger partial charge on any atom is -0.325 e. The zero-order valence-electron chi connectivity index (χ0n) is 12.7. The number of fused-ring (bicyclic) bond motifs is 1. The van der Waals surface area contributed by atoms with E-state index in [1.165, 1.54) is 0 Å². The van der Waals surface area contributed by atoms with Gasteiger partial charge in [0.1, 0.15) is 18.3 Å². The van der Waals surface area contributed by atoms with Crippen molar-refractivity contribution >= 4 is 22.5 Å². The van der Waals surface area contributed by atoms with E-state index < -0.39 is 6.67 Å². The van der Waals surface area contributed by atoms with E-state index in [1.54, 1.807) is 12.3 Å². The normalized spacial score (nSPS) is 10.9. The average molecular weight is 319 g/mol. The highest BCUT2D eigenvalue weighted by molar-refractivity contribution is 5.92. The van der Waals surface area contributed by atoms with E-state index in [9.17, 15) is 4.39 Å². The van der Waals surface area contributed by atoms with Crippen molar-refractivity contribution < 1.29 is 4.39 Å². The van der Waals surface area contributed by atoms with Crippen LogP contribution < -0.4 is 5.32 Å². The molecular formula is C18H14FN5. The van der Waals surface area contributed by atoms with Crippen LogP contribution in [0.1, 0.15) is 5.56 Å². The molecule has 0 atom stereocenters. The molecule has 2 aromatic carbocycles. The molecule has 2 N–H and O–H groups in total. The summed E-state index contributed by atoms with van der Waals surface area (Å²) in [7, 11) is 0. The van der Waals surface area contributed by atoms with Crippen molar-refractivity contribution in [3.8, 4) is 11.4 Å². The highest BCUT2D eigenvalue weighted by atomic mass is 19.1. The second-order valence-corrected chi connectivity index (χ2v) is 5.30. The van der Waals surface area contributed by atoms with E-state index in [1.807, 2.05) is 48.5 Å². The molecule has 2 aromatic heterocycles. The van der Waals surface area contributed by atoms with Crippen molar-refractivity contribution in [2.45, 2.75) is 6.67 Å². The summed E-state index contributed by atoms with van der Waals surface area (Å²) in [6.45, 7) is -0.560. The third-order valence-corrected chi connectivity index (χ3v) is 3.76. The van der Waals surface area contributed by atoms with E-state index in [4.69, 9.17) is 0 Å². The Balaban J connectivity index is 1.91. The molecule has 0 bridgehead atoms. The summed E-state index contributed by atoms with van der Waals surface area (Å²) in [4.78, 5) is 9.22. The third-order valence-electron chi connectivity index (χ3n) is 3.76. The van der Waals surface area contributed by atoms with Crippen molar-refractivity contribution in [2.75, 3.05) is 5.32 Å². The van der Waals surface area contributed by atoms with Crippen molar-refractivity contribution in [2.24, 2.45) is 0 Å². The Morgan fingerprint density at radius 1 is 0.958 bits per heavy atom. The third kappa shape index (κ3) is 2.58. The van der Waals surface area contributed by atoms with Crippen LogP contribution in [-0.2, 0) is 6.67 Å². The second-order valence-electron chi connectivity index (χ2n) is 5.30. The molecule has 5 nitrogen and oxygen atoms in total. The van der Waals surface area contributed by atoms with Crippen molar-refractivity contribution in [3.05, 3.63) is 66.4 Å². The lowest BCUT2D eigenvalue weighted by molar-refractivity contribution is 0.486. The molecule has 0 unspecified atom stereocenters. The lowest BCUT2D eigenvalue weighted by Gasteiger charge is -2.11. The van der Waals surface area contributed by atoms with Gasteiger partial charge < -0.3 is 5.32 Å². The Morgan fingerprint density at radius 2 is 1.79 bits per heavy atom. The van der Waals surface area contributed by atoms with Crippen LogP contribution >= 0.6 is 0 Å². The zero-order chi connectivity index (χ0) is 16.4. The summed E-state index contributed by atoms with van der Waals surface area (Å²) in [5.74, 6) is 1.86. The van der Waals surface area contributed by atoms with Crippen molar-refractivity contribution in [1.29, 1.82) is 0 Å². The summed E-state index contributed by atoms with van der Waals surface area (Å²) in [5.41, 5.74) is 2.05. The summed E-state index contributed by atoms with van der Waals surface area (Å²) < 4.78 is 13.3. The molecule has 24 heavy (non-hydrogen) atoms. The molecule has 0 spiro atoms. The van der Waals surface area contributed by atoms with Gasteiger partial charge in [0.15, 0.2) is 5.82 Å². The summed E-state index contributed by atoms with van der Waals surface area (Å²) >= 11 is 0. The Kier molecular flexibility index (Phi) is 3.63. The first-order valence-electron chi connectivity index (χ1n) is 7.52. The number of para-hydroxylation sites is 1. The van der Waals surface area contributed by atoms with Crippen LogP contribution in [0.25, 0.3) is 22.3 Å². The predicted molar refractivity (Wildman–Crippen MR) is 91.7 cm³/mol. The van der Waals surface area contributed by atoms with Gasteiger partial charge in [0.05, 0.1) is 11.7 Å². The molecule has 0 saturated heterocycles. The van der Waals surface area contributed by atoms with Gasteiger partial charge >= 0.3 is 0 Å². The van der Waals surface area contributed by atoms with Gasteiger partial charge in [0, 0.05) is 17.0 Å². The number of hydrogen-bond acceptors (Lipinski definition) is 4. The van der Waals surface area contributed by atoms with Crippen molar-refractivity contribution in [1.82, 2.24) is 20.2 Å². The van der Waals surface area contributed by atoms with E-state index in [-0.39, 0.29) is 0 Å². The SMILES string of the molecule is FCc1ccccc1-c1nc(Nc2ccn[nH]2)c2ccccc2n1. The van der Waals surface area contributed by atoms with Crippen LogP contribution in [0.2, 0.25) is 0 Å². The van der Waals surface area contributed by atoms with Gasteiger partial charge in [-0.05, 0) is 17.7 Å². The molecular weight excluding hydrogens is 305 g/mol. The minimum atomic E-state index is -0.560. The van der Waals surface area contributed by atoms with Gasteiger partial charge in [-0.2, -0.15) is 5.10 Å². The van der Waals surface area contributed by atoms with E-state index in [0.29, 0.717) is 22.8 Å². The molecule has 4 rings (SSSR count). The Bertz CT molecular complexity index is 982. The zero-order valence-corrected chi connectivity index (χ0v) is 12.7. The number of hydrogen-bond donors (Lipinski definition) is 2. The maximum atomic E-state index is 13.3. The molecule has 0 radical (unpaired) electrons. The van der Waals surface area contributed by atoms with Crippen LogP contribution in [0.4, 0.5) is 16.0 Å². The first-order chi connectivity index (χ1) is 11.8. The van der Waals surface area contributed by atoms with E-state index >= 15 is 0 Å². The highest BCUT2D eigenvalue weighted by Crippen LogP contribution is 2.28. The van der Waals surface area contributed by atoms with Gasteiger partial charge in [-0.3, -0.25) is 5.10 Å². The van der Waals surface area contributed by atoms with Gasteiger partial charge in [0.25, 0.3) is 0 Å². The van der Waals surface area contributed by atoms with Crippen LogP contribution in [0.15, 0.2) is 60.8 Å². The maximum absolute atomic E-state index is 13.3. The molecule has 118 valence electrons. The van der Waals surface area contributed by atoms with E-state index in [2.05, 4.69) is 25.5 Å². The van der Waals surface area contributed by atoms with Crippen LogP contribution in [0, 0.1) is 0 Å². The summed E-state index contributed by atoms with van der Waals surface area (Å²) in [6, 6.07) is 16.8. The molecule has 0 aliphatic heterocycles. The Labute approximate surface area is 137 Å². The number of aromatic amines is 1. The monoisotopic (exact) mass is 319 g/mol. The molecule has 4 aromatic rings. The number of rotatable bonds is 4. The number of nitrogens with one attached hydrogen (secondary N) is 2. The number of nitrogens with zero attached hydrogens (tertiary/aromatic N) is 3. The van der Waals surface area contributed by atoms with Gasteiger partial charge in [-0.1, -0.05) is 36.4 Å². The smallest absolute Gasteiger partial charge is 0.162 e. The number of anilines is 2. The Morgan fingerprint density at radius 3 is 2.62 bits per heavy atom. The fraction of sp³-hybridized carbons (Fsp3) is 0.0556. The van der Waals surface area contributed by atoms with Gasteiger partial charge in [-0.15, -0.1) is 0 Å². The molecule has 0 amide bonds. The highest BCUT2D eigenvalue weighted by Gasteiger charge is 2.12.